The molecule has 76 valence electrons. The highest BCUT2D eigenvalue weighted by molar-refractivity contribution is 5.76. The first-order chi connectivity index (χ1) is 6.79. The van der Waals surface area contributed by atoms with Crippen molar-refractivity contribution in [3.63, 3.8) is 0 Å². The number of benzene rings is 1. The number of ether oxygens (including phenoxy) is 1. The first-order valence-electron chi connectivity index (χ1n) is 4.36. The Bertz CT molecular complexity index is 287. The molecular formula is C10H13NO3. The van der Waals surface area contributed by atoms with Crippen molar-refractivity contribution >= 4 is 5.97 Å². The lowest BCUT2D eigenvalue weighted by molar-refractivity contribution is -0.157. The summed E-state index contributed by atoms with van der Waals surface area (Å²) in [7, 11) is 0. The van der Waals surface area contributed by atoms with Crippen LogP contribution in [0.1, 0.15) is 18.6 Å². The van der Waals surface area contributed by atoms with Gasteiger partial charge in [0.2, 0.25) is 6.10 Å². The third-order valence-corrected chi connectivity index (χ3v) is 1.74. The van der Waals surface area contributed by atoms with E-state index in [1.165, 1.54) is 0 Å². The SMILES string of the molecule is CCOC(=O)[C@H](ON)c1ccccc1. The summed E-state index contributed by atoms with van der Waals surface area (Å²) in [4.78, 5) is 15.9. The maximum absolute atomic E-state index is 11.3. The minimum atomic E-state index is -0.837. The van der Waals surface area contributed by atoms with Crippen LogP contribution in [0, 0.1) is 0 Å². The fourth-order valence-electron chi connectivity index (χ4n) is 1.12. The summed E-state index contributed by atoms with van der Waals surface area (Å²) in [6.45, 7) is 2.04. The second-order valence-corrected chi connectivity index (χ2v) is 2.68. The zero-order valence-electron chi connectivity index (χ0n) is 7.97. The van der Waals surface area contributed by atoms with Gasteiger partial charge in [0.25, 0.3) is 0 Å². The summed E-state index contributed by atoms with van der Waals surface area (Å²) in [5.74, 6) is 4.56. The van der Waals surface area contributed by atoms with Gasteiger partial charge in [-0.2, -0.15) is 0 Å². The third-order valence-electron chi connectivity index (χ3n) is 1.74. The van der Waals surface area contributed by atoms with Gasteiger partial charge in [-0.1, -0.05) is 30.3 Å². The maximum atomic E-state index is 11.3. The first kappa shape index (κ1) is 10.7. The maximum Gasteiger partial charge on any atom is 0.342 e. The molecule has 1 rings (SSSR count). The summed E-state index contributed by atoms with van der Waals surface area (Å²) in [6.07, 6.45) is -0.837. The van der Waals surface area contributed by atoms with Crippen molar-refractivity contribution in [2.75, 3.05) is 6.61 Å². The Hall–Kier alpha value is -1.39. The third kappa shape index (κ3) is 2.55. The number of carbonyl (C=O) groups excluding carboxylic acids is 1. The molecule has 0 spiro atoms. The van der Waals surface area contributed by atoms with Crippen LogP contribution in [0.3, 0.4) is 0 Å². The molecule has 0 aromatic heterocycles. The molecule has 1 aromatic carbocycles. The molecule has 0 saturated heterocycles. The number of nitrogens with two attached hydrogens (primary N) is 1. The van der Waals surface area contributed by atoms with Gasteiger partial charge in [0.05, 0.1) is 6.61 Å². The van der Waals surface area contributed by atoms with Gasteiger partial charge in [0, 0.05) is 0 Å². The highest BCUT2D eigenvalue weighted by atomic mass is 16.6. The van der Waals surface area contributed by atoms with E-state index in [0.717, 1.165) is 0 Å². The molecule has 14 heavy (non-hydrogen) atoms. The molecule has 4 heteroatoms. The van der Waals surface area contributed by atoms with Gasteiger partial charge < -0.3 is 4.74 Å². The molecule has 0 aliphatic rings. The summed E-state index contributed by atoms with van der Waals surface area (Å²) < 4.78 is 4.81. The number of carbonyl (C=O) groups is 1. The highest BCUT2D eigenvalue weighted by Gasteiger charge is 2.21. The lowest BCUT2D eigenvalue weighted by Crippen LogP contribution is -2.21. The minimum absolute atomic E-state index is 0.311. The molecular weight excluding hydrogens is 182 g/mol. The molecule has 0 heterocycles. The van der Waals surface area contributed by atoms with Crippen LogP contribution in [0.5, 0.6) is 0 Å². The summed E-state index contributed by atoms with van der Waals surface area (Å²) in [5.41, 5.74) is 0.688. The molecule has 2 N–H and O–H groups in total. The first-order valence-corrected chi connectivity index (χ1v) is 4.36. The normalized spacial score (nSPS) is 12.1. The topological polar surface area (TPSA) is 61.5 Å². The smallest absolute Gasteiger partial charge is 0.342 e. The van der Waals surface area contributed by atoms with Crippen molar-refractivity contribution < 1.29 is 14.4 Å². The predicted octanol–water partition coefficient (Wildman–Crippen LogP) is 1.18. The van der Waals surface area contributed by atoms with Crippen LogP contribution in [0.4, 0.5) is 0 Å². The van der Waals surface area contributed by atoms with E-state index in [0.29, 0.717) is 12.2 Å². The zero-order valence-corrected chi connectivity index (χ0v) is 7.97. The van der Waals surface area contributed by atoms with Crippen LogP contribution in [-0.2, 0) is 14.4 Å². The predicted molar refractivity (Wildman–Crippen MR) is 51.1 cm³/mol. The van der Waals surface area contributed by atoms with Crippen LogP contribution in [0.25, 0.3) is 0 Å². The molecule has 4 nitrogen and oxygen atoms in total. The summed E-state index contributed by atoms with van der Waals surface area (Å²) in [6, 6.07) is 8.98. The van der Waals surface area contributed by atoms with E-state index in [1.807, 2.05) is 6.07 Å². The van der Waals surface area contributed by atoms with Crippen LogP contribution in [0.15, 0.2) is 30.3 Å². The molecule has 0 radical (unpaired) electrons. The Morgan fingerprint density at radius 2 is 2.07 bits per heavy atom. The van der Waals surface area contributed by atoms with Crippen LogP contribution < -0.4 is 5.90 Å². The van der Waals surface area contributed by atoms with E-state index in [-0.39, 0.29) is 0 Å². The number of hydrogen-bond acceptors (Lipinski definition) is 4. The van der Waals surface area contributed by atoms with E-state index in [2.05, 4.69) is 4.84 Å². The molecule has 1 atom stereocenters. The Kier molecular flexibility index (Phi) is 4.10. The largest absolute Gasteiger partial charge is 0.464 e. The quantitative estimate of drug-likeness (QED) is 0.579. The van der Waals surface area contributed by atoms with Crippen LogP contribution in [0.2, 0.25) is 0 Å². The van der Waals surface area contributed by atoms with Crippen LogP contribution >= 0.6 is 0 Å². The van der Waals surface area contributed by atoms with Crippen molar-refractivity contribution in [2.45, 2.75) is 13.0 Å². The molecule has 0 fully saturated rings. The average molecular weight is 195 g/mol. The Morgan fingerprint density at radius 1 is 1.43 bits per heavy atom. The second-order valence-electron chi connectivity index (χ2n) is 2.68. The van der Waals surface area contributed by atoms with Crippen LogP contribution in [-0.4, -0.2) is 12.6 Å². The summed E-state index contributed by atoms with van der Waals surface area (Å²) >= 11 is 0. The molecule has 0 unspecified atom stereocenters. The standard InChI is InChI=1S/C10H13NO3/c1-2-13-10(12)9(14-11)8-6-4-3-5-7-8/h3-7,9H,2,11H2,1H3/t9-/m1/s1. The van der Waals surface area contributed by atoms with E-state index >= 15 is 0 Å². The van der Waals surface area contributed by atoms with Crippen molar-refractivity contribution in [3.05, 3.63) is 35.9 Å². The molecule has 0 aliphatic carbocycles. The molecule has 0 saturated carbocycles. The van der Waals surface area contributed by atoms with Crippen molar-refractivity contribution in [1.82, 2.24) is 0 Å². The molecule has 0 amide bonds. The van der Waals surface area contributed by atoms with E-state index in [4.69, 9.17) is 10.6 Å². The Morgan fingerprint density at radius 3 is 2.57 bits per heavy atom. The zero-order chi connectivity index (χ0) is 10.4. The molecule has 0 bridgehead atoms. The average Bonchev–Trinajstić information content (AvgIpc) is 2.21. The fourth-order valence-corrected chi connectivity index (χ4v) is 1.12. The van der Waals surface area contributed by atoms with Gasteiger partial charge >= 0.3 is 5.97 Å². The van der Waals surface area contributed by atoms with E-state index < -0.39 is 12.1 Å². The second kappa shape index (κ2) is 5.36. The number of esters is 1. The lowest BCUT2D eigenvalue weighted by atomic mass is 10.1. The molecule has 0 aliphatic heterocycles. The summed E-state index contributed by atoms with van der Waals surface area (Å²) in [5, 5.41) is 0. The van der Waals surface area contributed by atoms with Gasteiger partial charge in [0.15, 0.2) is 0 Å². The van der Waals surface area contributed by atoms with E-state index in [1.54, 1.807) is 31.2 Å². The molecule has 1 aromatic rings. The van der Waals surface area contributed by atoms with Gasteiger partial charge in [-0.25, -0.2) is 10.7 Å². The number of rotatable bonds is 4. The van der Waals surface area contributed by atoms with Gasteiger partial charge in [0.1, 0.15) is 0 Å². The van der Waals surface area contributed by atoms with Gasteiger partial charge in [-0.15, -0.1) is 0 Å². The lowest BCUT2D eigenvalue weighted by Gasteiger charge is -2.12. The monoisotopic (exact) mass is 195 g/mol. The fraction of sp³-hybridized carbons (Fsp3) is 0.300. The van der Waals surface area contributed by atoms with E-state index in [9.17, 15) is 4.79 Å². The van der Waals surface area contributed by atoms with Crippen molar-refractivity contribution in [2.24, 2.45) is 5.90 Å². The van der Waals surface area contributed by atoms with Gasteiger partial charge in [-0.05, 0) is 12.5 Å². The van der Waals surface area contributed by atoms with Crippen molar-refractivity contribution in [3.8, 4) is 0 Å². The Labute approximate surface area is 82.6 Å². The number of hydrogen-bond donors (Lipinski definition) is 1. The minimum Gasteiger partial charge on any atom is -0.464 e. The Balaban J connectivity index is 2.77. The van der Waals surface area contributed by atoms with Gasteiger partial charge in [-0.3, -0.25) is 4.84 Å². The highest BCUT2D eigenvalue weighted by Crippen LogP contribution is 2.16. The van der Waals surface area contributed by atoms with Crippen molar-refractivity contribution in [1.29, 1.82) is 0 Å².